The predicted octanol–water partition coefficient (Wildman–Crippen LogP) is 1.89. The summed E-state index contributed by atoms with van der Waals surface area (Å²) >= 11 is 0. The highest BCUT2D eigenvalue weighted by Gasteiger charge is 2.36. The summed E-state index contributed by atoms with van der Waals surface area (Å²) in [5.74, 6) is 0.195. The van der Waals surface area contributed by atoms with Gasteiger partial charge in [0.1, 0.15) is 0 Å². The van der Waals surface area contributed by atoms with Gasteiger partial charge in [0.2, 0.25) is 0 Å². The Morgan fingerprint density at radius 2 is 2.04 bits per heavy atom. The van der Waals surface area contributed by atoms with Crippen molar-refractivity contribution in [2.24, 2.45) is 0 Å². The first-order valence-corrected chi connectivity index (χ1v) is 9.80. The highest BCUT2D eigenvalue weighted by molar-refractivity contribution is 7.91. The monoisotopic (exact) mass is 338 g/mol. The molecule has 0 aliphatic carbocycles. The van der Waals surface area contributed by atoms with Crippen molar-refractivity contribution in [1.29, 1.82) is 0 Å². The first-order chi connectivity index (χ1) is 11.0. The van der Waals surface area contributed by atoms with Crippen LogP contribution < -0.4 is 5.32 Å². The maximum absolute atomic E-state index is 12.7. The molecule has 2 aliphatic rings. The summed E-state index contributed by atoms with van der Waals surface area (Å²) in [6.45, 7) is 1.15. The zero-order chi connectivity index (χ0) is 16.3. The van der Waals surface area contributed by atoms with Crippen molar-refractivity contribution < 1.29 is 17.9 Å². The number of anilines is 1. The van der Waals surface area contributed by atoms with Gasteiger partial charge in [0.15, 0.2) is 9.84 Å². The van der Waals surface area contributed by atoms with Gasteiger partial charge in [-0.3, -0.25) is 0 Å². The summed E-state index contributed by atoms with van der Waals surface area (Å²) in [5, 5.41) is 2.86. The average Bonchev–Trinajstić information content (AvgIpc) is 3.15. The fourth-order valence-corrected chi connectivity index (χ4v) is 4.87. The van der Waals surface area contributed by atoms with Gasteiger partial charge >= 0.3 is 6.03 Å². The quantitative estimate of drug-likeness (QED) is 0.909. The van der Waals surface area contributed by atoms with Crippen molar-refractivity contribution in [2.45, 2.75) is 31.4 Å². The molecular weight excluding hydrogens is 316 g/mol. The third-order valence-corrected chi connectivity index (χ3v) is 6.11. The fraction of sp³-hybridized carbons (Fsp3) is 0.562. The number of hydrogen-bond acceptors (Lipinski definition) is 4. The van der Waals surface area contributed by atoms with Crippen molar-refractivity contribution in [3.8, 4) is 0 Å². The first-order valence-electron chi connectivity index (χ1n) is 7.98. The van der Waals surface area contributed by atoms with Crippen LogP contribution in [0.1, 0.15) is 19.3 Å². The van der Waals surface area contributed by atoms with E-state index in [9.17, 15) is 13.2 Å². The van der Waals surface area contributed by atoms with Crippen molar-refractivity contribution in [1.82, 2.24) is 4.90 Å². The lowest BCUT2D eigenvalue weighted by molar-refractivity contribution is 0.0751. The lowest BCUT2D eigenvalue weighted by atomic mass is 10.2. The van der Waals surface area contributed by atoms with Crippen LogP contribution in [0.3, 0.4) is 0 Å². The second-order valence-electron chi connectivity index (χ2n) is 6.14. The zero-order valence-electron chi connectivity index (χ0n) is 13.0. The summed E-state index contributed by atoms with van der Waals surface area (Å²) in [7, 11) is -3.04. The summed E-state index contributed by atoms with van der Waals surface area (Å²) in [5.41, 5.74) is 0.704. The van der Waals surface area contributed by atoms with Crippen molar-refractivity contribution in [3.63, 3.8) is 0 Å². The van der Waals surface area contributed by atoms with Gasteiger partial charge in [-0.15, -0.1) is 0 Å². The Bertz CT molecular complexity index is 641. The molecular formula is C16H22N2O4S. The van der Waals surface area contributed by atoms with Crippen LogP contribution in [0.25, 0.3) is 0 Å². The van der Waals surface area contributed by atoms with Gasteiger partial charge in [0.25, 0.3) is 0 Å². The molecule has 0 saturated carbocycles. The molecule has 23 heavy (non-hydrogen) atoms. The molecule has 2 atom stereocenters. The van der Waals surface area contributed by atoms with E-state index in [0.717, 1.165) is 12.8 Å². The van der Waals surface area contributed by atoms with E-state index in [1.54, 1.807) is 4.90 Å². The van der Waals surface area contributed by atoms with Gasteiger partial charge in [-0.05, 0) is 31.4 Å². The molecule has 126 valence electrons. The van der Waals surface area contributed by atoms with E-state index in [4.69, 9.17) is 4.74 Å². The molecule has 1 aromatic rings. The molecule has 2 amide bonds. The van der Waals surface area contributed by atoms with Gasteiger partial charge in [0.05, 0.1) is 17.6 Å². The van der Waals surface area contributed by atoms with Crippen LogP contribution in [0.5, 0.6) is 0 Å². The SMILES string of the molecule is O=C(Nc1ccccc1)N(C[C@@H]1CCCO1)[C@H]1CCS(=O)(=O)C1. The number of urea groups is 1. The van der Waals surface area contributed by atoms with E-state index in [1.807, 2.05) is 30.3 Å². The number of carbonyl (C=O) groups is 1. The number of nitrogens with one attached hydrogen (secondary N) is 1. The predicted molar refractivity (Wildman–Crippen MR) is 88.2 cm³/mol. The smallest absolute Gasteiger partial charge is 0.322 e. The molecule has 2 heterocycles. The number of carbonyl (C=O) groups excluding carboxylic acids is 1. The minimum absolute atomic E-state index is 0.000160. The van der Waals surface area contributed by atoms with Crippen LogP contribution >= 0.6 is 0 Å². The molecule has 2 aliphatic heterocycles. The Balaban J connectivity index is 1.72. The van der Waals surface area contributed by atoms with E-state index < -0.39 is 9.84 Å². The second kappa shape index (κ2) is 6.88. The lowest BCUT2D eigenvalue weighted by Gasteiger charge is -2.30. The Kier molecular flexibility index (Phi) is 4.87. The number of ether oxygens (including phenoxy) is 1. The molecule has 3 rings (SSSR count). The molecule has 1 N–H and O–H groups in total. The topological polar surface area (TPSA) is 75.7 Å². The average molecular weight is 338 g/mol. The van der Waals surface area contributed by atoms with Crippen LogP contribution in [0.4, 0.5) is 10.5 Å². The molecule has 1 aromatic carbocycles. The van der Waals surface area contributed by atoms with Gasteiger partial charge in [-0.2, -0.15) is 0 Å². The highest BCUT2D eigenvalue weighted by Crippen LogP contribution is 2.22. The Morgan fingerprint density at radius 1 is 1.26 bits per heavy atom. The summed E-state index contributed by atoms with van der Waals surface area (Å²) in [6.07, 6.45) is 2.40. The Hall–Kier alpha value is -1.60. The standard InChI is InChI=1S/C16H22N2O4S/c19-16(17-13-5-2-1-3-6-13)18(11-15-7-4-9-22-15)14-8-10-23(20,21)12-14/h1-3,5-6,14-15H,4,7-12H2,(H,17,19)/t14-,15-/m0/s1. The normalized spacial score (nSPS) is 26.1. The van der Waals surface area contributed by atoms with Crippen LogP contribution in [-0.4, -0.2) is 56.2 Å². The highest BCUT2D eigenvalue weighted by atomic mass is 32.2. The Labute approximate surface area is 136 Å². The van der Waals surface area contributed by atoms with Crippen molar-refractivity contribution in [2.75, 3.05) is 30.0 Å². The third kappa shape index (κ3) is 4.23. The molecule has 2 saturated heterocycles. The van der Waals surface area contributed by atoms with E-state index in [2.05, 4.69) is 5.32 Å². The van der Waals surface area contributed by atoms with E-state index >= 15 is 0 Å². The molecule has 0 bridgehead atoms. The minimum atomic E-state index is -3.04. The van der Waals surface area contributed by atoms with E-state index in [-0.39, 0.29) is 29.7 Å². The summed E-state index contributed by atoms with van der Waals surface area (Å²) in [4.78, 5) is 14.3. The first kappa shape index (κ1) is 16.3. The number of para-hydroxylation sites is 1. The Morgan fingerprint density at radius 3 is 2.65 bits per heavy atom. The van der Waals surface area contributed by atoms with Crippen LogP contribution in [0.2, 0.25) is 0 Å². The summed E-state index contributed by atoms with van der Waals surface area (Å²) < 4.78 is 29.2. The van der Waals surface area contributed by atoms with Gasteiger partial charge in [-0.1, -0.05) is 18.2 Å². The van der Waals surface area contributed by atoms with Crippen molar-refractivity contribution >= 4 is 21.6 Å². The fourth-order valence-electron chi connectivity index (χ4n) is 3.14. The van der Waals surface area contributed by atoms with E-state index in [0.29, 0.717) is 25.3 Å². The molecule has 7 heteroatoms. The van der Waals surface area contributed by atoms with Crippen LogP contribution in [0, 0.1) is 0 Å². The van der Waals surface area contributed by atoms with Crippen molar-refractivity contribution in [3.05, 3.63) is 30.3 Å². The second-order valence-corrected chi connectivity index (χ2v) is 8.37. The number of amides is 2. The molecule has 0 aromatic heterocycles. The van der Waals surface area contributed by atoms with Crippen LogP contribution in [0.15, 0.2) is 30.3 Å². The molecule has 6 nitrogen and oxygen atoms in total. The largest absolute Gasteiger partial charge is 0.376 e. The zero-order valence-corrected chi connectivity index (χ0v) is 13.8. The molecule has 0 radical (unpaired) electrons. The number of benzene rings is 1. The number of sulfone groups is 1. The minimum Gasteiger partial charge on any atom is -0.376 e. The van der Waals surface area contributed by atoms with Crippen LogP contribution in [-0.2, 0) is 14.6 Å². The number of rotatable bonds is 4. The maximum Gasteiger partial charge on any atom is 0.322 e. The van der Waals surface area contributed by atoms with Gasteiger partial charge < -0.3 is 15.0 Å². The van der Waals surface area contributed by atoms with Gasteiger partial charge in [0, 0.05) is 24.9 Å². The number of nitrogens with zero attached hydrogens (tertiary/aromatic N) is 1. The van der Waals surface area contributed by atoms with E-state index in [1.165, 1.54) is 0 Å². The van der Waals surface area contributed by atoms with Gasteiger partial charge in [-0.25, -0.2) is 13.2 Å². The maximum atomic E-state index is 12.7. The lowest BCUT2D eigenvalue weighted by Crippen LogP contribution is -2.47. The number of hydrogen-bond donors (Lipinski definition) is 1. The third-order valence-electron chi connectivity index (χ3n) is 4.36. The molecule has 0 unspecified atom stereocenters. The molecule has 2 fully saturated rings. The molecule has 0 spiro atoms. The summed E-state index contributed by atoms with van der Waals surface area (Å²) in [6, 6.07) is 8.67.